The summed E-state index contributed by atoms with van der Waals surface area (Å²) < 4.78 is 5.14. The molecule has 0 atom stereocenters. The molecular weight excluding hydrogens is 228 g/mol. The molecule has 0 saturated carbocycles. The fourth-order valence-corrected chi connectivity index (χ4v) is 2.10. The third kappa shape index (κ3) is 3.31. The Morgan fingerprint density at radius 1 is 1.28 bits per heavy atom. The molecule has 0 radical (unpaired) electrons. The zero-order valence-corrected chi connectivity index (χ0v) is 11.1. The van der Waals surface area contributed by atoms with Crippen LogP contribution in [0.5, 0.6) is 5.75 Å². The highest BCUT2D eigenvalue weighted by Gasteiger charge is 2.17. The zero-order chi connectivity index (χ0) is 13.0. The van der Waals surface area contributed by atoms with Gasteiger partial charge in [0.2, 0.25) is 0 Å². The van der Waals surface area contributed by atoms with Crippen molar-refractivity contribution in [3.05, 3.63) is 29.8 Å². The first-order chi connectivity index (χ1) is 8.69. The molecule has 1 aliphatic rings. The van der Waals surface area contributed by atoms with Crippen molar-refractivity contribution in [2.75, 3.05) is 46.9 Å². The van der Waals surface area contributed by atoms with Crippen molar-refractivity contribution in [2.24, 2.45) is 0 Å². The van der Waals surface area contributed by atoms with Crippen LogP contribution in [0.3, 0.4) is 0 Å². The molecule has 4 heteroatoms. The van der Waals surface area contributed by atoms with E-state index in [1.165, 1.54) is 0 Å². The molecule has 0 amide bonds. The first kappa shape index (κ1) is 13.1. The summed E-state index contributed by atoms with van der Waals surface area (Å²) in [6.45, 7) is 4.50. The third-order valence-corrected chi connectivity index (χ3v) is 3.35. The molecular formula is C14H20N2O2. The minimum absolute atomic E-state index is 0.165. The molecule has 1 fully saturated rings. The Kier molecular flexibility index (Phi) is 4.33. The average molecular weight is 248 g/mol. The average Bonchev–Trinajstić information content (AvgIpc) is 2.41. The van der Waals surface area contributed by atoms with E-state index in [-0.39, 0.29) is 5.78 Å². The highest BCUT2D eigenvalue weighted by atomic mass is 16.5. The van der Waals surface area contributed by atoms with Crippen molar-refractivity contribution in [3.63, 3.8) is 0 Å². The number of hydrogen-bond donors (Lipinski definition) is 0. The van der Waals surface area contributed by atoms with Crippen LogP contribution in [0.2, 0.25) is 0 Å². The van der Waals surface area contributed by atoms with E-state index >= 15 is 0 Å². The maximum absolute atomic E-state index is 12.2. The summed E-state index contributed by atoms with van der Waals surface area (Å²) in [7, 11) is 3.73. The van der Waals surface area contributed by atoms with Gasteiger partial charge in [0.1, 0.15) is 5.75 Å². The van der Waals surface area contributed by atoms with Gasteiger partial charge in [-0.25, -0.2) is 0 Å². The molecule has 0 aliphatic carbocycles. The lowest BCUT2D eigenvalue weighted by Crippen LogP contribution is -2.46. The number of methoxy groups -OCH3 is 1. The highest BCUT2D eigenvalue weighted by molar-refractivity contribution is 5.97. The lowest BCUT2D eigenvalue weighted by Gasteiger charge is -2.31. The summed E-state index contributed by atoms with van der Waals surface area (Å²) in [5, 5.41) is 0. The van der Waals surface area contributed by atoms with E-state index in [0.717, 1.165) is 37.5 Å². The van der Waals surface area contributed by atoms with Crippen LogP contribution in [0.25, 0.3) is 0 Å². The van der Waals surface area contributed by atoms with Crippen LogP contribution in [0.4, 0.5) is 0 Å². The summed E-state index contributed by atoms with van der Waals surface area (Å²) in [6.07, 6.45) is 0. The summed E-state index contributed by atoms with van der Waals surface area (Å²) in [6, 6.07) is 7.36. The third-order valence-electron chi connectivity index (χ3n) is 3.35. The van der Waals surface area contributed by atoms with Gasteiger partial charge in [0.15, 0.2) is 5.78 Å². The van der Waals surface area contributed by atoms with E-state index in [0.29, 0.717) is 6.54 Å². The Morgan fingerprint density at radius 2 is 2.00 bits per heavy atom. The molecule has 1 heterocycles. The molecule has 1 aliphatic heterocycles. The number of likely N-dealkylation sites (N-methyl/N-ethyl adjacent to an activating group) is 1. The van der Waals surface area contributed by atoms with Gasteiger partial charge in [-0.1, -0.05) is 12.1 Å². The Hall–Kier alpha value is -1.39. The van der Waals surface area contributed by atoms with Gasteiger partial charge in [0.25, 0.3) is 0 Å². The van der Waals surface area contributed by atoms with Crippen LogP contribution in [-0.2, 0) is 0 Å². The maximum atomic E-state index is 12.2. The van der Waals surface area contributed by atoms with Crippen LogP contribution in [-0.4, -0.2) is 62.5 Å². The highest BCUT2D eigenvalue weighted by Crippen LogP contribution is 2.13. The standard InChI is InChI=1S/C14H20N2O2/c1-15-6-8-16(9-7-15)11-14(17)12-4-3-5-13(10-12)18-2/h3-5,10H,6-9,11H2,1-2H3. The monoisotopic (exact) mass is 248 g/mol. The van der Waals surface area contributed by atoms with Crippen LogP contribution < -0.4 is 4.74 Å². The smallest absolute Gasteiger partial charge is 0.176 e. The Bertz CT molecular complexity index is 412. The van der Waals surface area contributed by atoms with Crippen LogP contribution >= 0.6 is 0 Å². The zero-order valence-electron chi connectivity index (χ0n) is 11.1. The Morgan fingerprint density at radius 3 is 2.67 bits per heavy atom. The fraction of sp³-hybridized carbons (Fsp3) is 0.500. The molecule has 2 rings (SSSR count). The van der Waals surface area contributed by atoms with Crippen molar-refractivity contribution >= 4 is 5.78 Å². The number of ketones is 1. The van der Waals surface area contributed by atoms with E-state index in [4.69, 9.17) is 4.74 Å². The second-order valence-electron chi connectivity index (χ2n) is 4.73. The van der Waals surface area contributed by atoms with Gasteiger partial charge >= 0.3 is 0 Å². The molecule has 0 unspecified atom stereocenters. The first-order valence-corrected chi connectivity index (χ1v) is 6.27. The molecule has 98 valence electrons. The number of benzene rings is 1. The molecule has 1 saturated heterocycles. The predicted octanol–water partition coefficient (Wildman–Crippen LogP) is 1.13. The number of rotatable bonds is 4. The molecule has 0 bridgehead atoms. The number of nitrogens with zero attached hydrogens (tertiary/aromatic N) is 2. The van der Waals surface area contributed by atoms with E-state index < -0.39 is 0 Å². The van der Waals surface area contributed by atoms with Crippen LogP contribution in [0, 0.1) is 0 Å². The molecule has 4 nitrogen and oxygen atoms in total. The summed E-state index contributed by atoms with van der Waals surface area (Å²) in [5.74, 6) is 0.901. The SMILES string of the molecule is COc1cccc(C(=O)CN2CCN(C)CC2)c1. The van der Waals surface area contributed by atoms with Crippen molar-refractivity contribution in [1.29, 1.82) is 0 Å². The number of piperazine rings is 1. The van der Waals surface area contributed by atoms with Gasteiger partial charge in [0, 0.05) is 31.7 Å². The second-order valence-corrected chi connectivity index (χ2v) is 4.73. The summed E-state index contributed by atoms with van der Waals surface area (Å²) >= 11 is 0. The van der Waals surface area contributed by atoms with Gasteiger partial charge in [-0.2, -0.15) is 0 Å². The maximum Gasteiger partial charge on any atom is 0.176 e. The van der Waals surface area contributed by atoms with Crippen molar-refractivity contribution < 1.29 is 9.53 Å². The molecule has 1 aromatic rings. The number of ether oxygens (including phenoxy) is 1. The Labute approximate surface area is 108 Å². The summed E-state index contributed by atoms with van der Waals surface area (Å²) in [5.41, 5.74) is 0.730. The van der Waals surface area contributed by atoms with Gasteiger partial charge in [-0.05, 0) is 19.2 Å². The van der Waals surface area contributed by atoms with Crippen molar-refractivity contribution in [3.8, 4) is 5.75 Å². The largest absolute Gasteiger partial charge is 0.497 e. The molecule has 18 heavy (non-hydrogen) atoms. The lowest BCUT2D eigenvalue weighted by molar-refractivity contribution is 0.0876. The second kappa shape index (κ2) is 5.98. The minimum atomic E-state index is 0.165. The van der Waals surface area contributed by atoms with Gasteiger partial charge in [-0.15, -0.1) is 0 Å². The van der Waals surface area contributed by atoms with Crippen LogP contribution in [0.1, 0.15) is 10.4 Å². The Balaban J connectivity index is 1.94. The molecule has 0 N–H and O–H groups in total. The van der Waals surface area contributed by atoms with Crippen LogP contribution in [0.15, 0.2) is 24.3 Å². The van der Waals surface area contributed by atoms with Crippen molar-refractivity contribution in [2.45, 2.75) is 0 Å². The number of Topliss-reactive ketones (excluding diaryl/α,β-unsaturated/α-hetero) is 1. The predicted molar refractivity (Wildman–Crippen MR) is 71.3 cm³/mol. The minimum Gasteiger partial charge on any atom is -0.497 e. The molecule has 1 aromatic carbocycles. The number of carbonyl (C=O) groups is 1. The molecule has 0 aromatic heterocycles. The number of carbonyl (C=O) groups excluding carboxylic acids is 1. The normalized spacial score (nSPS) is 17.7. The molecule has 0 spiro atoms. The fourth-order valence-electron chi connectivity index (χ4n) is 2.10. The van der Waals surface area contributed by atoms with E-state index in [1.807, 2.05) is 18.2 Å². The quantitative estimate of drug-likeness (QED) is 0.748. The van der Waals surface area contributed by atoms with E-state index in [1.54, 1.807) is 13.2 Å². The van der Waals surface area contributed by atoms with Gasteiger partial charge < -0.3 is 9.64 Å². The van der Waals surface area contributed by atoms with E-state index in [9.17, 15) is 4.79 Å². The van der Waals surface area contributed by atoms with E-state index in [2.05, 4.69) is 16.8 Å². The lowest BCUT2D eigenvalue weighted by atomic mass is 10.1. The number of hydrogen-bond acceptors (Lipinski definition) is 4. The van der Waals surface area contributed by atoms with Gasteiger partial charge in [0.05, 0.1) is 13.7 Å². The topological polar surface area (TPSA) is 32.8 Å². The van der Waals surface area contributed by atoms with Crippen molar-refractivity contribution in [1.82, 2.24) is 9.80 Å². The first-order valence-electron chi connectivity index (χ1n) is 6.27. The summed E-state index contributed by atoms with van der Waals surface area (Å²) in [4.78, 5) is 16.6. The van der Waals surface area contributed by atoms with Gasteiger partial charge in [-0.3, -0.25) is 9.69 Å².